The van der Waals surface area contributed by atoms with Gasteiger partial charge < -0.3 is 0 Å². The molecule has 1 aromatic rings. The van der Waals surface area contributed by atoms with E-state index in [9.17, 15) is 4.79 Å². The molecule has 1 heterocycles. The first-order valence-electron chi connectivity index (χ1n) is 11.8. The van der Waals surface area contributed by atoms with Gasteiger partial charge in [0.15, 0.2) is 0 Å². The zero-order valence-corrected chi connectivity index (χ0v) is 18.8. The molecular formula is C28H41NO. The van der Waals surface area contributed by atoms with Crippen molar-refractivity contribution in [1.82, 2.24) is 0 Å². The summed E-state index contributed by atoms with van der Waals surface area (Å²) in [4.78, 5) is 15.9. The fraction of sp³-hybridized carbons (Fsp3) is 0.500. The van der Waals surface area contributed by atoms with Crippen molar-refractivity contribution in [3.05, 3.63) is 71.5 Å². The van der Waals surface area contributed by atoms with E-state index in [0.717, 1.165) is 25.7 Å². The summed E-state index contributed by atoms with van der Waals surface area (Å²) in [6.07, 6.45) is 21.2. The summed E-state index contributed by atoms with van der Waals surface area (Å²) in [6, 6.07) is 10.2. The molecule has 0 saturated heterocycles. The number of nitrogens with zero attached hydrogens (tertiary/aromatic N) is 1. The third-order valence-corrected chi connectivity index (χ3v) is 6.62. The van der Waals surface area contributed by atoms with E-state index < -0.39 is 0 Å². The van der Waals surface area contributed by atoms with E-state index in [1.165, 1.54) is 55.4 Å². The number of benzene rings is 1. The Morgan fingerprint density at radius 3 is 2.43 bits per heavy atom. The number of carbonyl (C=O) groups is 1. The number of aliphatic imine (C=N–C) groups is 1. The van der Waals surface area contributed by atoms with Crippen LogP contribution in [0.15, 0.2) is 70.9 Å². The zero-order valence-electron chi connectivity index (χ0n) is 18.8. The fourth-order valence-electron chi connectivity index (χ4n) is 4.76. The topological polar surface area (TPSA) is 29.4 Å². The van der Waals surface area contributed by atoms with Crippen LogP contribution in [0.2, 0.25) is 0 Å². The standard InChI is InChI=1S/C16H21N.C12H16O.2H2/c1-2-4-8-14(7-3-1)16-15-11-5-9-13(15)10-6-12-17-16;1-3-12(10(2)13)9-11-7-5-4-6-8-11;;/h5-6,11-12,14H,1-4,7-10H2;4-8,12H,3,9H2,1-2H3;2*1H/t;12-;;/m.0../s1. The van der Waals surface area contributed by atoms with Crippen LogP contribution in [0.4, 0.5) is 0 Å². The summed E-state index contributed by atoms with van der Waals surface area (Å²) in [5, 5.41) is 0. The summed E-state index contributed by atoms with van der Waals surface area (Å²) in [6.45, 7) is 3.74. The molecule has 164 valence electrons. The van der Waals surface area contributed by atoms with Gasteiger partial charge in [0.05, 0.1) is 5.71 Å². The Bertz CT molecular complexity index is 815. The smallest absolute Gasteiger partial charge is 0.133 e. The average molecular weight is 408 g/mol. The van der Waals surface area contributed by atoms with Gasteiger partial charge in [-0.15, -0.1) is 0 Å². The van der Waals surface area contributed by atoms with Crippen LogP contribution < -0.4 is 0 Å². The second kappa shape index (κ2) is 11.8. The first-order valence-corrected chi connectivity index (χ1v) is 11.8. The van der Waals surface area contributed by atoms with Gasteiger partial charge in [-0.1, -0.05) is 86.7 Å². The lowest BCUT2D eigenvalue weighted by Crippen LogP contribution is -2.15. The Hall–Kier alpha value is -2.22. The van der Waals surface area contributed by atoms with Crippen molar-refractivity contribution in [3.8, 4) is 0 Å². The maximum atomic E-state index is 11.2. The number of rotatable bonds is 5. The van der Waals surface area contributed by atoms with E-state index in [0.29, 0.717) is 11.7 Å². The van der Waals surface area contributed by atoms with Gasteiger partial charge in [0.25, 0.3) is 0 Å². The molecule has 0 unspecified atom stereocenters. The molecule has 30 heavy (non-hydrogen) atoms. The molecule has 1 aromatic carbocycles. The van der Waals surface area contributed by atoms with E-state index in [1.54, 1.807) is 12.5 Å². The Labute approximate surface area is 185 Å². The van der Waals surface area contributed by atoms with Crippen LogP contribution in [0.1, 0.15) is 80.1 Å². The summed E-state index contributed by atoms with van der Waals surface area (Å²) < 4.78 is 0. The number of Topliss-reactive ketones (excluding diaryl/α,β-unsaturated/α-hetero) is 1. The van der Waals surface area contributed by atoms with Crippen LogP contribution in [-0.2, 0) is 11.2 Å². The highest BCUT2D eigenvalue weighted by Gasteiger charge is 2.24. The van der Waals surface area contributed by atoms with Crippen molar-refractivity contribution < 1.29 is 7.65 Å². The third kappa shape index (κ3) is 6.39. The molecule has 1 atom stereocenters. The number of ketones is 1. The van der Waals surface area contributed by atoms with E-state index >= 15 is 0 Å². The van der Waals surface area contributed by atoms with Gasteiger partial charge in [0.1, 0.15) is 5.78 Å². The Balaban J connectivity index is 0.000000312. The van der Waals surface area contributed by atoms with Gasteiger partial charge in [-0.05, 0) is 56.6 Å². The lowest BCUT2D eigenvalue weighted by Gasteiger charge is -2.17. The molecule has 1 saturated carbocycles. The van der Waals surface area contributed by atoms with Gasteiger partial charge in [-0.2, -0.15) is 0 Å². The average Bonchev–Trinajstić information content (AvgIpc) is 2.95. The van der Waals surface area contributed by atoms with E-state index in [1.807, 2.05) is 24.4 Å². The van der Waals surface area contributed by atoms with Crippen molar-refractivity contribution >= 4 is 11.5 Å². The first kappa shape index (κ1) is 22.5. The minimum absolute atomic E-state index is 0. The molecule has 0 amide bonds. The normalized spacial score (nSPS) is 19.9. The molecule has 1 fully saturated rings. The summed E-state index contributed by atoms with van der Waals surface area (Å²) in [5.41, 5.74) is 5.71. The molecule has 2 heteroatoms. The predicted octanol–water partition coefficient (Wildman–Crippen LogP) is 7.91. The molecular weight excluding hydrogens is 366 g/mol. The van der Waals surface area contributed by atoms with Crippen molar-refractivity contribution in [3.63, 3.8) is 0 Å². The Morgan fingerprint density at radius 2 is 1.77 bits per heavy atom. The van der Waals surface area contributed by atoms with Crippen molar-refractivity contribution in [2.24, 2.45) is 16.8 Å². The lowest BCUT2D eigenvalue weighted by atomic mass is 9.88. The van der Waals surface area contributed by atoms with Gasteiger partial charge in [0, 0.05) is 20.9 Å². The molecule has 4 rings (SSSR count). The second-order valence-electron chi connectivity index (χ2n) is 8.82. The molecule has 3 aliphatic rings. The Kier molecular flexibility index (Phi) is 8.86. The monoisotopic (exact) mass is 407 g/mol. The molecule has 0 bridgehead atoms. The van der Waals surface area contributed by atoms with Crippen LogP contribution in [0.5, 0.6) is 0 Å². The van der Waals surface area contributed by atoms with Gasteiger partial charge in [-0.3, -0.25) is 9.79 Å². The first-order chi connectivity index (χ1) is 14.7. The van der Waals surface area contributed by atoms with Crippen molar-refractivity contribution in [2.45, 2.75) is 78.1 Å². The summed E-state index contributed by atoms with van der Waals surface area (Å²) in [7, 11) is 0. The fourth-order valence-corrected chi connectivity index (χ4v) is 4.76. The summed E-state index contributed by atoms with van der Waals surface area (Å²) in [5.74, 6) is 1.21. The maximum absolute atomic E-state index is 11.2. The number of carbonyl (C=O) groups excluding carboxylic acids is 1. The largest absolute Gasteiger partial charge is 0.300 e. The highest BCUT2D eigenvalue weighted by Crippen LogP contribution is 2.33. The lowest BCUT2D eigenvalue weighted by molar-refractivity contribution is -0.120. The van der Waals surface area contributed by atoms with E-state index in [4.69, 9.17) is 4.99 Å². The molecule has 0 N–H and O–H groups in total. The van der Waals surface area contributed by atoms with Crippen LogP contribution in [-0.4, -0.2) is 11.5 Å². The van der Waals surface area contributed by atoms with Crippen molar-refractivity contribution in [2.75, 3.05) is 0 Å². The minimum Gasteiger partial charge on any atom is -0.300 e. The SMILES string of the molecule is C1=CN=C(C2CCCCCC2)C2=C(C1)CC=C2.CC[C@@H](Cc1ccccc1)C(C)=O.[HH].[HH]. The number of hydrogen-bond acceptors (Lipinski definition) is 2. The predicted molar refractivity (Wildman–Crippen MR) is 132 cm³/mol. The van der Waals surface area contributed by atoms with E-state index in [2.05, 4.69) is 37.3 Å². The second-order valence-corrected chi connectivity index (χ2v) is 8.82. The molecule has 0 spiro atoms. The maximum Gasteiger partial charge on any atom is 0.133 e. The molecule has 0 radical (unpaired) electrons. The zero-order chi connectivity index (χ0) is 21.2. The van der Waals surface area contributed by atoms with Crippen LogP contribution in [0.3, 0.4) is 0 Å². The molecule has 1 aliphatic heterocycles. The van der Waals surface area contributed by atoms with Crippen LogP contribution in [0, 0.1) is 11.8 Å². The highest BCUT2D eigenvalue weighted by atomic mass is 16.1. The Morgan fingerprint density at radius 1 is 1.07 bits per heavy atom. The minimum atomic E-state index is 0. The van der Waals surface area contributed by atoms with E-state index in [-0.39, 0.29) is 8.77 Å². The van der Waals surface area contributed by atoms with Gasteiger partial charge in [-0.25, -0.2) is 0 Å². The quantitative estimate of drug-likeness (QED) is 0.456. The van der Waals surface area contributed by atoms with Gasteiger partial charge >= 0.3 is 0 Å². The summed E-state index contributed by atoms with van der Waals surface area (Å²) >= 11 is 0. The van der Waals surface area contributed by atoms with Crippen LogP contribution in [0.25, 0.3) is 0 Å². The van der Waals surface area contributed by atoms with Crippen LogP contribution >= 0.6 is 0 Å². The molecule has 2 nitrogen and oxygen atoms in total. The van der Waals surface area contributed by atoms with Crippen molar-refractivity contribution in [1.29, 1.82) is 0 Å². The number of hydrogen-bond donors (Lipinski definition) is 0. The number of allylic oxidation sites excluding steroid dienone is 5. The highest BCUT2D eigenvalue weighted by molar-refractivity contribution is 6.06. The van der Waals surface area contributed by atoms with Gasteiger partial charge in [0.2, 0.25) is 0 Å². The third-order valence-electron chi connectivity index (χ3n) is 6.62. The molecule has 0 aromatic heterocycles. The molecule has 2 aliphatic carbocycles.